The van der Waals surface area contributed by atoms with Crippen LogP contribution in [0, 0.1) is 39.4 Å². The predicted octanol–water partition coefficient (Wildman–Crippen LogP) is 7.75. The molecule has 2 fully saturated rings. The molecular formula is C30H46O3. The summed E-state index contributed by atoms with van der Waals surface area (Å²) in [5.74, 6) is 0.270. The van der Waals surface area contributed by atoms with Crippen molar-refractivity contribution in [3.8, 4) is 0 Å². The Morgan fingerprint density at radius 3 is 2.33 bits per heavy atom. The lowest BCUT2D eigenvalue weighted by Gasteiger charge is -2.60. The largest absolute Gasteiger partial charge is 0.481 e. The van der Waals surface area contributed by atoms with Crippen LogP contribution in [0.3, 0.4) is 0 Å². The highest BCUT2D eigenvalue weighted by atomic mass is 16.4. The summed E-state index contributed by atoms with van der Waals surface area (Å²) in [6.45, 7) is 15.9. The smallest absolute Gasteiger partial charge is 0.306 e. The Morgan fingerprint density at radius 2 is 1.70 bits per heavy atom. The zero-order chi connectivity index (χ0) is 24.4. The molecule has 0 amide bonds. The van der Waals surface area contributed by atoms with E-state index in [-0.39, 0.29) is 33.5 Å². The van der Waals surface area contributed by atoms with E-state index in [0.717, 1.165) is 57.8 Å². The van der Waals surface area contributed by atoms with Crippen LogP contribution in [-0.4, -0.2) is 16.9 Å². The van der Waals surface area contributed by atoms with Crippen LogP contribution >= 0.6 is 0 Å². The molecule has 0 aromatic carbocycles. The molecule has 0 spiro atoms. The number of rotatable bonds is 5. The van der Waals surface area contributed by atoms with E-state index < -0.39 is 5.97 Å². The molecule has 3 heteroatoms. The minimum Gasteiger partial charge on any atom is -0.481 e. The number of Topliss-reactive ketones (excluding diaryl/α,β-unsaturated/α-hetero) is 1. The first-order chi connectivity index (χ1) is 15.3. The van der Waals surface area contributed by atoms with Crippen molar-refractivity contribution >= 4 is 11.8 Å². The van der Waals surface area contributed by atoms with Gasteiger partial charge in [0.1, 0.15) is 5.78 Å². The van der Waals surface area contributed by atoms with Gasteiger partial charge in [0, 0.05) is 11.8 Å². The van der Waals surface area contributed by atoms with Crippen LogP contribution in [0.25, 0.3) is 0 Å². The van der Waals surface area contributed by atoms with Crippen LogP contribution < -0.4 is 0 Å². The van der Waals surface area contributed by atoms with Crippen molar-refractivity contribution in [3.63, 3.8) is 0 Å². The molecule has 4 aliphatic carbocycles. The second-order valence-corrected chi connectivity index (χ2v) is 13.3. The summed E-state index contributed by atoms with van der Waals surface area (Å²) in [5.41, 5.74) is 4.63. The van der Waals surface area contributed by atoms with Gasteiger partial charge in [0.05, 0.1) is 5.92 Å². The Hall–Kier alpha value is -1.38. The minimum atomic E-state index is -0.601. The average Bonchev–Trinajstić information content (AvgIpc) is 3.00. The maximum absolute atomic E-state index is 12.8. The van der Waals surface area contributed by atoms with Crippen LogP contribution in [0.15, 0.2) is 22.8 Å². The molecule has 6 atom stereocenters. The molecule has 0 aromatic rings. The van der Waals surface area contributed by atoms with E-state index in [0.29, 0.717) is 18.1 Å². The molecule has 0 heterocycles. The fraction of sp³-hybridized carbons (Fsp3) is 0.800. The molecule has 2 saturated carbocycles. The molecule has 0 saturated heterocycles. The van der Waals surface area contributed by atoms with Crippen LogP contribution in [-0.2, 0) is 9.59 Å². The molecule has 0 aromatic heterocycles. The number of carboxylic acids is 1. The van der Waals surface area contributed by atoms with Gasteiger partial charge >= 0.3 is 5.97 Å². The normalized spacial score (nSPS) is 40.5. The second kappa shape index (κ2) is 8.09. The first kappa shape index (κ1) is 24.7. The zero-order valence-electron chi connectivity index (χ0n) is 22.1. The van der Waals surface area contributed by atoms with E-state index in [2.05, 4.69) is 54.5 Å². The zero-order valence-corrected chi connectivity index (χ0v) is 22.1. The van der Waals surface area contributed by atoms with Gasteiger partial charge in [-0.15, -0.1) is 0 Å². The van der Waals surface area contributed by atoms with Crippen molar-refractivity contribution in [2.75, 3.05) is 0 Å². The Labute approximate surface area is 201 Å². The number of ketones is 1. The van der Waals surface area contributed by atoms with Gasteiger partial charge in [-0.05, 0) is 99.7 Å². The van der Waals surface area contributed by atoms with E-state index in [1.165, 1.54) is 5.57 Å². The highest BCUT2D eigenvalue weighted by molar-refractivity contribution is 5.85. The van der Waals surface area contributed by atoms with Gasteiger partial charge in [-0.2, -0.15) is 0 Å². The molecule has 184 valence electrons. The van der Waals surface area contributed by atoms with E-state index in [1.807, 2.05) is 0 Å². The Morgan fingerprint density at radius 1 is 1.00 bits per heavy atom. The third kappa shape index (κ3) is 3.50. The molecule has 0 aliphatic heterocycles. The Bertz CT molecular complexity index is 904. The molecule has 0 radical (unpaired) electrons. The molecular weight excluding hydrogens is 408 g/mol. The van der Waals surface area contributed by atoms with Gasteiger partial charge in [0.15, 0.2) is 0 Å². The molecule has 0 bridgehead atoms. The van der Waals surface area contributed by atoms with Gasteiger partial charge < -0.3 is 5.11 Å². The van der Waals surface area contributed by atoms with Crippen molar-refractivity contribution in [2.45, 2.75) is 113 Å². The Kier molecular flexibility index (Phi) is 6.07. The summed E-state index contributed by atoms with van der Waals surface area (Å²) in [7, 11) is 0. The number of hydrogen-bond donors (Lipinski definition) is 1. The van der Waals surface area contributed by atoms with E-state index >= 15 is 0 Å². The van der Waals surface area contributed by atoms with Crippen LogP contribution in [0.5, 0.6) is 0 Å². The van der Waals surface area contributed by atoms with Crippen molar-refractivity contribution in [1.29, 1.82) is 0 Å². The molecule has 4 rings (SSSR count). The number of allylic oxidation sites excluding steroid dienone is 4. The maximum Gasteiger partial charge on any atom is 0.306 e. The topological polar surface area (TPSA) is 54.4 Å². The lowest BCUT2D eigenvalue weighted by molar-refractivity contribution is -0.146. The van der Waals surface area contributed by atoms with Gasteiger partial charge in [-0.25, -0.2) is 0 Å². The number of hydrogen-bond acceptors (Lipinski definition) is 2. The summed E-state index contributed by atoms with van der Waals surface area (Å²) in [6.07, 6.45) is 12.0. The summed E-state index contributed by atoms with van der Waals surface area (Å²) < 4.78 is 0. The number of carbonyl (C=O) groups is 2. The second-order valence-electron chi connectivity index (χ2n) is 13.3. The minimum absolute atomic E-state index is 0.0447. The summed E-state index contributed by atoms with van der Waals surface area (Å²) in [5, 5.41) is 10.2. The van der Waals surface area contributed by atoms with Gasteiger partial charge in [-0.1, -0.05) is 57.4 Å². The third-order valence-corrected chi connectivity index (χ3v) is 11.4. The van der Waals surface area contributed by atoms with Gasteiger partial charge in [-0.3, -0.25) is 9.59 Å². The average molecular weight is 455 g/mol. The van der Waals surface area contributed by atoms with Crippen molar-refractivity contribution in [1.82, 2.24) is 0 Å². The highest BCUT2D eigenvalue weighted by Crippen LogP contribution is 2.72. The first-order valence-electron chi connectivity index (χ1n) is 13.4. The van der Waals surface area contributed by atoms with Crippen LogP contribution in [0.1, 0.15) is 113 Å². The Balaban J connectivity index is 1.70. The van der Waals surface area contributed by atoms with Crippen molar-refractivity contribution in [2.24, 2.45) is 39.4 Å². The lowest BCUT2D eigenvalue weighted by Crippen LogP contribution is -2.54. The summed E-state index contributed by atoms with van der Waals surface area (Å²) in [6, 6.07) is 0. The standard InChI is InChI=1S/C30H46O3/c1-19(2)9-8-10-20(26(32)33)21-13-17-30(7)23-11-12-24-27(3,4)25(31)15-16-28(24,5)22(23)14-18-29(21,30)6/h9,20-21,24H,8,10-18H2,1-7H3,(H,32,33)/t20-,21-,24?,28?,29-,30+/m0/s1. The first-order valence-corrected chi connectivity index (χ1v) is 13.4. The van der Waals surface area contributed by atoms with E-state index in [4.69, 9.17) is 0 Å². The fourth-order valence-corrected chi connectivity index (χ4v) is 9.22. The number of carbonyl (C=O) groups excluding carboxylic acids is 1. The third-order valence-electron chi connectivity index (χ3n) is 11.4. The van der Waals surface area contributed by atoms with Gasteiger partial charge in [0.25, 0.3) is 0 Å². The van der Waals surface area contributed by atoms with E-state index in [1.54, 1.807) is 11.1 Å². The van der Waals surface area contributed by atoms with Gasteiger partial charge in [0.2, 0.25) is 0 Å². The monoisotopic (exact) mass is 454 g/mol. The molecule has 4 aliphatic rings. The van der Waals surface area contributed by atoms with Crippen molar-refractivity contribution < 1.29 is 14.7 Å². The van der Waals surface area contributed by atoms with Crippen LogP contribution in [0.2, 0.25) is 0 Å². The van der Waals surface area contributed by atoms with Crippen LogP contribution in [0.4, 0.5) is 0 Å². The maximum atomic E-state index is 12.8. The quantitative estimate of drug-likeness (QED) is 0.432. The molecule has 1 N–H and O–H groups in total. The number of carboxylic acid groups (broad SMARTS) is 1. The number of fused-ring (bicyclic) bond motifs is 4. The fourth-order valence-electron chi connectivity index (χ4n) is 9.22. The SMILES string of the molecule is CC(C)=CCC[C@H](C(=O)O)[C@@H]1CC[C@]2(C)C3=C(CC[C@@]12C)C1(C)CCC(=O)C(C)(C)C1CC3. The molecule has 2 unspecified atom stereocenters. The number of aliphatic carboxylic acids is 1. The summed E-state index contributed by atoms with van der Waals surface area (Å²) in [4.78, 5) is 25.2. The lowest BCUT2D eigenvalue weighted by atomic mass is 9.43. The van der Waals surface area contributed by atoms with E-state index in [9.17, 15) is 14.7 Å². The molecule has 3 nitrogen and oxygen atoms in total. The molecule has 33 heavy (non-hydrogen) atoms. The van der Waals surface area contributed by atoms with Crippen molar-refractivity contribution in [3.05, 3.63) is 22.8 Å². The highest BCUT2D eigenvalue weighted by Gasteiger charge is 2.64. The summed E-state index contributed by atoms with van der Waals surface area (Å²) >= 11 is 0. The predicted molar refractivity (Wildman–Crippen MR) is 134 cm³/mol.